The fraction of sp³-hybridized carbons (Fsp3) is 0.333. The normalized spacial score (nSPS) is 12.0. The average molecular weight is 552 g/mol. The number of benzene rings is 3. The van der Waals surface area contributed by atoms with Gasteiger partial charge in [0.25, 0.3) is 10.0 Å². The zero-order valence-corrected chi connectivity index (χ0v) is 23.7. The highest BCUT2D eigenvalue weighted by molar-refractivity contribution is 7.92. The highest BCUT2D eigenvalue weighted by atomic mass is 32.2. The first-order chi connectivity index (χ1) is 18.7. The molecule has 0 heterocycles. The van der Waals surface area contributed by atoms with Gasteiger partial charge in [-0.05, 0) is 54.3 Å². The van der Waals surface area contributed by atoms with Crippen LogP contribution in [0.15, 0.2) is 89.8 Å². The molecule has 39 heavy (non-hydrogen) atoms. The van der Waals surface area contributed by atoms with Crippen LogP contribution in [-0.4, -0.2) is 51.4 Å². The van der Waals surface area contributed by atoms with Gasteiger partial charge in [0, 0.05) is 13.1 Å². The number of amides is 2. The first-order valence-corrected chi connectivity index (χ1v) is 14.4. The molecule has 0 aliphatic rings. The molecule has 1 N–H and O–H groups in total. The number of ether oxygens (including phenoxy) is 1. The maximum atomic E-state index is 14.0. The molecule has 0 saturated carbocycles. The summed E-state index contributed by atoms with van der Waals surface area (Å²) in [4.78, 5) is 28.8. The number of nitrogens with one attached hydrogen (secondary N) is 1. The lowest BCUT2D eigenvalue weighted by Crippen LogP contribution is -2.52. The molecule has 0 aromatic heterocycles. The van der Waals surface area contributed by atoms with Gasteiger partial charge in [0.2, 0.25) is 11.8 Å². The highest BCUT2D eigenvalue weighted by Gasteiger charge is 2.33. The molecule has 0 bridgehead atoms. The van der Waals surface area contributed by atoms with E-state index >= 15 is 0 Å². The molecule has 0 radical (unpaired) electrons. The van der Waals surface area contributed by atoms with E-state index in [1.54, 1.807) is 67.8 Å². The van der Waals surface area contributed by atoms with E-state index in [2.05, 4.69) is 5.32 Å². The third-order valence-corrected chi connectivity index (χ3v) is 8.00. The quantitative estimate of drug-likeness (QED) is 0.338. The second-order valence-electron chi connectivity index (χ2n) is 9.60. The van der Waals surface area contributed by atoms with Crippen molar-refractivity contribution in [3.8, 4) is 5.75 Å². The molecule has 2 amide bonds. The number of sulfonamides is 1. The topological polar surface area (TPSA) is 96.0 Å². The summed E-state index contributed by atoms with van der Waals surface area (Å²) in [5.74, 6) is 0.0840. The lowest BCUT2D eigenvalue weighted by atomic mass is 10.1. The van der Waals surface area contributed by atoms with Crippen molar-refractivity contribution in [3.05, 3.63) is 90.5 Å². The van der Waals surface area contributed by atoms with E-state index < -0.39 is 28.5 Å². The van der Waals surface area contributed by atoms with Gasteiger partial charge in [-0.2, -0.15) is 0 Å². The molecule has 0 unspecified atom stereocenters. The summed E-state index contributed by atoms with van der Waals surface area (Å²) >= 11 is 0. The monoisotopic (exact) mass is 551 g/mol. The Morgan fingerprint density at radius 2 is 1.56 bits per heavy atom. The predicted molar refractivity (Wildman–Crippen MR) is 153 cm³/mol. The Bertz CT molecular complexity index is 1330. The van der Waals surface area contributed by atoms with Crippen molar-refractivity contribution in [2.24, 2.45) is 5.92 Å². The van der Waals surface area contributed by atoms with Crippen molar-refractivity contribution in [3.63, 3.8) is 0 Å². The van der Waals surface area contributed by atoms with E-state index in [1.165, 1.54) is 17.0 Å². The van der Waals surface area contributed by atoms with Gasteiger partial charge >= 0.3 is 0 Å². The summed E-state index contributed by atoms with van der Waals surface area (Å²) in [6.45, 7) is 5.92. The molecule has 0 fully saturated rings. The largest absolute Gasteiger partial charge is 0.497 e. The zero-order chi connectivity index (χ0) is 28.4. The number of methoxy groups -OCH3 is 1. The summed E-state index contributed by atoms with van der Waals surface area (Å²) in [6.07, 6.45) is 0.358. The van der Waals surface area contributed by atoms with Gasteiger partial charge in [-0.15, -0.1) is 0 Å². The fourth-order valence-corrected chi connectivity index (χ4v) is 5.59. The van der Waals surface area contributed by atoms with Crippen LogP contribution in [0.4, 0.5) is 5.69 Å². The van der Waals surface area contributed by atoms with Crippen molar-refractivity contribution in [2.45, 2.75) is 44.7 Å². The molecule has 0 aliphatic carbocycles. The smallest absolute Gasteiger partial charge is 0.264 e. The van der Waals surface area contributed by atoms with Crippen molar-refractivity contribution < 1.29 is 22.7 Å². The van der Waals surface area contributed by atoms with Crippen LogP contribution < -0.4 is 14.4 Å². The Balaban J connectivity index is 2.02. The van der Waals surface area contributed by atoms with Crippen LogP contribution in [0.1, 0.15) is 32.8 Å². The minimum atomic E-state index is -4.08. The van der Waals surface area contributed by atoms with Crippen LogP contribution in [0.2, 0.25) is 0 Å². The molecule has 0 aliphatic heterocycles. The molecular weight excluding hydrogens is 514 g/mol. The summed E-state index contributed by atoms with van der Waals surface area (Å²) in [6, 6.07) is 23.0. The molecule has 9 heteroatoms. The number of rotatable bonds is 13. The van der Waals surface area contributed by atoms with E-state index in [9.17, 15) is 18.0 Å². The lowest BCUT2D eigenvalue weighted by Gasteiger charge is -2.33. The first kappa shape index (κ1) is 29.7. The van der Waals surface area contributed by atoms with Crippen molar-refractivity contribution in [1.82, 2.24) is 10.2 Å². The number of hydrogen-bond acceptors (Lipinski definition) is 5. The first-order valence-electron chi connectivity index (χ1n) is 13.0. The Hall–Kier alpha value is -3.85. The predicted octanol–water partition coefficient (Wildman–Crippen LogP) is 4.47. The number of carbonyl (C=O) groups excluding carboxylic acids is 2. The molecule has 3 aromatic rings. The molecule has 1 atom stereocenters. The Labute approximate surface area is 231 Å². The van der Waals surface area contributed by atoms with Crippen LogP contribution in [0.3, 0.4) is 0 Å². The maximum absolute atomic E-state index is 14.0. The average Bonchev–Trinajstić information content (AvgIpc) is 2.95. The molecule has 208 valence electrons. The van der Waals surface area contributed by atoms with Crippen molar-refractivity contribution in [2.75, 3.05) is 24.5 Å². The van der Waals surface area contributed by atoms with Gasteiger partial charge in [0.05, 0.1) is 17.7 Å². The van der Waals surface area contributed by atoms with Gasteiger partial charge in [0.15, 0.2) is 0 Å². The van der Waals surface area contributed by atoms with Crippen molar-refractivity contribution in [1.29, 1.82) is 0 Å². The zero-order valence-electron chi connectivity index (χ0n) is 22.9. The molecule has 3 rings (SSSR count). The third kappa shape index (κ3) is 7.83. The number of nitrogens with zero attached hydrogens (tertiary/aromatic N) is 2. The maximum Gasteiger partial charge on any atom is 0.264 e. The minimum Gasteiger partial charge on any atom is -0.497 e. The molecule has 0 saturated heterocycles. The van der Waals surface area contributed by atoms with Crippen LogP contribution in [0.5, 0.6) is 5.75 Å². The molecule has 8 nitrogen and oxygen atoms in total. The van der Waals surface area contributed by atoms with E-state index in [1.807, 2.05) is 32.9 Å². The van der Waals surface area contributed by atoms with Gasteiger partial charge in [-0.1, -0.05) is 69.3 Å². The van der Waals surface area contributed by atoms with Gasteiger partial charge in [-0.3, -0.25) is 13.9 Å². The minimum absolute atomic E-state index is 0.0720. The van der Waals surface area contributed by atoms with E-state index in [4.69, 9.17) is 4.74 Å². The van der Waals surface area contributed by atoms with Gasteiger partial charge in [-0.25, -0.2) is 8.42 Å². The third-order valence-electron chi connectivity index (χ3n) is 6.21. The summed E-state index contributed by atoms with van der Waals surface area (Å²) in [7, 11) is -2.52. The summed E-state index contributed by atoms with van der Waals surface area (Å²) < 4.78 is 33.9. The summed E-state index contributed by atoms with van der Waals surface area (Å²) in [5, 5.41) is 2.93. The molecular formula is C30H37N3O5S. The standard InChI is InChI=1S/C30H37N3O5S/c1-5-28(30(35)31-20-23(2)3)32(21-24-13-12-16-26(19-24)38-4)29(34)22-33(25-14-8-6-9-15-25)39(36,37)27-17-10-7-11-18-27/h6-19,23,28H,5,20-22H2,1-4H3,(H,31,35)/t28-/m1/s1. The van der Waals surface area contributed by atoms with Crippen LogP contribution >= 0.6 is 0 Å². The number of hydrogen-bond donors (Lipinski definition) is 1. The SMILES string of the molecule is CC[C@H](C(=O)NCC(C)C)N(Cc1cccc(OC)c1)C(=O)CN(c1ccccc1)S(=O)(=O)c1ccccc1. The van der Waals surface area contributed by atoms with Crippen LogP contribution in [0, 0.1) is 5.92 Å². The highest BCUT2D eigenvalue weighted by Crippen LogP contribution is 2.25. The number of para-hydroxylation sites is 1. The van der Waals surface area contributed by atoms with Gasteiger partial charge < -0.3 is 15.0 Å². The second-order valence-corrected chi connectivity index (χ2v) is 11.5. The number of carbonyl (C=O) groups is 2. The summed E-state index contributed by atoms with van der Waals surface area (Å²) in [5.41, 5.74) is 1.11. The van der Waals surface area contributed by atoms with E-state index in [-0.39, 0.29) is 23.3 Å². The Morgan fingerprint density at radius 3 is 2.15 bits per heavy atom. The Morgan fingerprint density at radius 1 is 0.923 bits per heavy atom. The van der Waals surface area contributed by atoms with Gasteiger partial charge in [0.1, 0.15) is 18.3 Å². The number of anilines is 1. The lowest BCUT2D eigenvalue weighted by molar-refractivity contribution is -0.140. The van der Waals surface area contributed by atoms with Crippen LogP contribution in [-0.2, 0) is 26.2 Å². The molecule has 3 aromatic carbocycles. The van der Waals surface area contributed by atoms with Crippen LogP contribution in [0.25, 0.3) is 0 Å². The van der Waals surface area contributed by atoms with Crippen molar-refractivity contribution >= 4 is 27.5 Å². The molecule has 0 spiro atoms. The second kappa shape index (κ2) is 13.8. The van der Waals surface area contributed by atoms with E-state index in [0.717, 1.165) is 9.87 Å². The Kier molecular flexibility index (Phi) is 10.5. The van der Waals surface area contributed by atoms with E-state index in [0.29, 0.717) is 24.4 Å². The fourth-order valence-electron chi connectivity index (χ4n) is 4.15.